The van der Waals surface area contributed by atoms with E-state index in [-0.39, 0.29) is 6.03 Å². The van der Waals surface area contributed by atoms with E-state index >= 15 is 0 Å². The zero-order valence-corrected chi connectivity index (χ0v) is 17.9. The van der Waals surface area contributed by atoms with Crippen LogP contribution in [0.5, 0.6) is 0 Å². The molecular weight excluding hydrogens is 372 g/mol. The van der Waals surface area contributed by atoms with Gasteiger partial charge in [-0.3, -0.25) is 10.00 Å². The standard InChI is InChI=1S/C25H30N4O/c1-23-13-12-17-19-24(2,25(17,19)23)21(23)27-22(30)26-20-16-10-6-7-11-18(16)29(28-20)14-15-8-4-3-5-9-15/h3-5,8-9,17,19,21H,6-7,10-14H2,1-2H3,(H2,26,27,28,30). The molecule has 0 saturated heterocycles. The fraction of sp³-hybridized carbons (Fsp3) is 0.600. The number of amides is 2. The summed E-state index contributed by atoms with van der Waals surface area (Å²) in [6.45, 7) is 5.59. The van der Waals surface area contributed by atoms with E-state index < -0.39 is 0 Å². The molecule has 2 N–H and O–H groups in total. The van der Waals surface area contributed by atoms with Crippen molar-refractivity contribution in [3.05, 3.63) is 47.2 Å². The first-order valence-electron chi connectivity index (χ1n) is 11.7. The molecule has 2 aromatic rings. The monoisotopic (exact) mass is 402 g/mol. The number of benzene rings is 1. The summed E-state index contributed by atoms with van der Waals surface area (Å²) in [5, 5.41) is 11.4. The van der Waals surface area contributed by atoms with Crippen molar-refractivity contribution in [1.29, 1.82) is 0 Å². The van der Waals surface area contributed by atoms with E-state index in [0.29, 0.717) is 22.3 Å². The van der Waals surface area contributed by atoms with Crippen LogP contribution in [0, 0.1) is 28.1 Å². The fourth-order valence-corrected chi connectivity index (χ4v) is 8.97. The van der Waals surface area contributed by atoms with Gasteiger partial charge in [-0.05, 0) is 72.2 Å². The molecule has 0 bridgehead atoms. The van der Waals surface area contributed by atoms with Crippen LogP contribution < -0.4 is 10.6 Å². The molecule has 5 aliphatic carbocycles. The van der Waals surface area contributed by atoms with Crippen LogP contribution in [0.3, 0.4) is 0 Å². The van der Waals surface area contributed by atoms with Gasteiger partial charge in [0.05, 0.1) is 6.54 Å². The Morgan fingerprint density at radius 3 is 2.80 bits per heavy atom. The quantitative estimate of drug-likeness (QED) is 0.798. The maximum atomic E-state index is 13.0. The van der Waals surface area contributed by atoms with Crippen molar-refractivity contribution in [3.8, 4) is 0 Å². The van der Waals surface area contributed by atoms with E-state index in [2.05, 4.69) is 53.4 Å². The molecule has 2 amide bonds. The third kappa shape index (κ3) is 1.75. The van der Waals surface area contributed by atoms with Crippen molar-refractivity contribution >= 4 is 11.8 Å². The third-order valence-electron chi connectivity index (χ3n) is 9.92. The summed E-state index contributed by atoms with van der Waals surface area (Å²) < 4.78 is 2.11. The third-order valence-corrected chi connectivity index (χ3v) is 9.92. The van der Waals surface area contributed by atoms with Gasteiger partial charge in [0.15, 0.2) is 5.82 Å². The summed E-state index contributed by atoms with van der Waals surface area (Å²) in [6.07, 6.45) is 7.06. The number of carbonyl (C=O) groups is 1. The number of urea groups is 1. The van der Waals surface area contributed by atoms with Crippen molar-refractivity contribution in [2.75, 3.05) is 5.32 Å². The Morgan fingerprint density at radius 2 is 2.00 bits per heavy atom. The van der Waals surface area contributed by atoms with E-state index in [1.54, 1.807) is 0 Å². The molecule has 0 radical (unpaired) electrons. The van der Waals surface area contributed by atoms with Crippen LogP contribution in [0.4, 0.5) is 10.6 Å². The molecule has 1 spiro atoms. The molecule has 1 aromatic heterocycles. The molecule has 156 valence electrons. The molecule has 5 heteroatoms. The number of nitrogens with zero attached hydrogens (tertiary/aromatic N) is 2. The molecule has 7 rings (SSSR count). The normalized spacial score (nSPS) is 41.2. The number of aromatic nitrogens is 2. The smallest absolute Gasteiger partial charge is 0.320 e. The van der Waals surface area contributed by atoms with Crippen LogP contribution in [-0.2, 0) is 19.4 Å². The zero-order valence-electron chi connectivity index (χ0n) is 17.9. The van der Waals surface area contributed by atoms with Gasteiger partial charge in [-0.2, -0.15) is 5.10 Å². The predicted octanol–water partition coefficient (Wildman–Crippen LogP) is 4.37. The van der Waals surface area contributed by atoms with E-state index in [9.17, 15) is 4.79 Å². The highest BCUT2D eigenvalue weighted by Gasteiger charge is 3.08. The highest BCUT2D eigenvalue weighted by molar-refractivity contribution is 5.90. The molecule has 5 nitrogen and oxygen atoms in total. The molecule has 5 aliphatic rings. The Hall–Kier alpha value is -2.30. The molecular formula is C25H30N4O. The van der Waals surface area contributed by atoms with Crippen LogP contribution in [-0.4, -0.2) is 21.9 Å². The minimum absolute atomic E-state index is 0.0650. The lowest BCUT2D eigenvalue weighted by atomic mass is 9.52. The average Bonchev–Trinajstić information content (AvgIpc) is 3.53. The fourth-order valence-electron chi connectivity index (χ4n) is 8.97. The Morgan fingerprint density at radius 1 is 1.20 bits per heavy atom. The SMILES string of the molecule is CC12CCC3C4C(C)(C1NC(=O)Nc1nn(Cc5ccccc5)c5c1CCCC5)C342. The van der Waals surface area contributed by atoms with E-state index in [1.807, 2.05) is 6.07 Å². The number of anilines is 1. The number of rotatable bonds is 4. The number of carbonyl (C=O) groups excluding carboxylic acids is 1. The van der Waals surface area contributed by atoms with Gasteiger partial charge in [-0.25, -0.2) is 4.79 Å². The van der Waals surface area contributed by atoms with Crippen LogP contribution in [0.15, 0.2) is 30.3 Å². The topological polar surface area (TPSA) is 59.0 Å². The van der Waals surface area contributed by atoms with Gasteiger partial charge in [-0.15, -0.1) is 0 Å². The summed E-state index contributed by atoms with van der Waals surface area (Å²) in [7, 11) is 0. The lowest BCUT2D eigenvalue weighted by molar-refractivity contribution is -0.0488. The lowest BCUT2D eigenvalue weighted by Crippen LogP contribution is -2.65. The highest BCUT2D eigenvalue weighted by atomic mass is 16.2. The predicted molar refractivity (Wildman–Crippen MR) is 115 cm³/mol. The number of hydrogen-bond acceptors (Lipinski definition) is 2. The molecule has 6 unspecified atom stereocenters. The van der Waals surface area contributed by atoms with Gasteiger partial charge < -0.3 is 5.32 Å². The summed E-state index contributed by atoms with van der Waals surface area (Å²) in [5.41, 5.74) is 5.06. The Labute approximate surface area is 177 Å². The van der Waals surface area contributed by atoms with E-state index in [4.69, 9.17) is 5.10 Å². The second-order valence-corrected chi connectivity index (χ2v) is 10.8. The first kappa shape index (κ1) is 17.4. The van der Waals surface area contributed by atoms with Crippen molar-refractivity contribution in [2.45, 2.75) is 65.0 Å². The van der Waals surface area contributed by atoms with Gasteiger partial charge in [0, 0.05) is 17.3 Å². The highest BCUT2D eigenvalue weighted by Crippen LogP contribution is 3.09. The second kappa shape index (κ2) is 5.30. The average molecular weight is 403 g/mol. The summed E-state index contributed by atoms with van der Waals surface area (Å²) in [5.74, 6) is 2.62. The van der Waals surface area contributed by atoms with E-state index in [1.165, 1.54) is 42.5 Å². The van der Waals surface area contributed by atoms with E-state index in [0.717, 1.165) is 37.0 Å². The molecule has 1 heterocycles. The van der Waals surface area contributed by atoms with Crippen molar-refractivity contribution < 1.29 is 4.79 Å². The molecule has 1 aromatic carbocycles. The molecule has 4 fully saturated rings. The molecule has 30 heavy (non-hydrogen) atoms. The summed E-state index contributed by atoms with van der Waals surface area (Å²) >= 11 is 0. The maximum absolute atomic E-state index is 13.0. The summed E-state index contributed by atoms with van der Waals surface area (Å²) in [6, 6.07) is 10.7. The molecule has 4 saturated carbocycles. The molecule has 0 aliphatic heterocycles. The van der Waals surface area contributed by atoms with Crippen LogP contribution in [0.2, 0.25) is 0 Å². The molecule has 6 atom stereocenters. The Kier molecular flexibility index (Phi) is 3.07. The number of fused-ring (bicyclic) bond motifs is 3. The van der Waals surface area contributed by atoms with Crippen molar-refractivity contribution in [1.82, 2.24) is 15.1 Å². The Balaban J connectivity index is 1.12. The second-order valence-electron chi connectivity index (χ2n) is 10.8. The maximum Gasteiger partial charge on any atom is 0.320 e. The van der Waals surface area contributed by atoms with Crippen LogP contribution in [0.25, 0.3) is 0 Å². The van der Waals surface area contributed by atoms with Gasteiger partial charge >= 0.3 is 6.03 Å². The van der Waals surface area contributed by atoms with Crippen molar-refractivity contribution in [2.24, 2.45) is 28.1 Å². The number of nitrogens with one attached hydrogen (secondary N) is 2. The van der Waals surface area contributed by atoms with Gasteiger partial charge in [0.2, 0.25) is 0 Å². The van der Waals surface area contributed by atoms with Gasteiger partial charge in [-0.1, -0.05) is 44.2 Å². The van der Waals surface area contributed by atoms with Crippen LogP contribution >= 0.6 is 0 Å². The summed E-state index contributed by atoms with van der Waals surface area (Å²) in [4.78, 5) is 13.0. The Bertz CT molecular complexity index is 1080. The minimum Gasteiger partial charge on any atom is -0.334 e. The lowest BCUT2D eigenvalue weighted by Gasteiger charge is -2.56. The minimum atomic E-state index is -0.0650. The zero-order chi connectivity index (χ0) is 20.3. The van der Waals surface area contributed by atoms with Gasteiger partial charge in [0.1, 0.15) is 0 Å². The largest absolute Gasteiger partial charge is 0.334 e. The number of hydrogen-bond donors (Lipinski definition) is 2. The first-order valence-corrected chi connectivity index (χ1v) is 11.7. The first-order chi connectivity index (χ1) is 14.5. The van der Waals surface area contributed by atoms with Crippen molar-refractivity contribution in [3.63, 3.8) is 0 Å². The van der Waals surface area contributed by atoms with Gasteiger partial charge in [0.25, 0.3) is 0 Å². The van der Waals surface area contributed by atoms with Crippen LogP contribution in [0.1, 0.15) is 56.4 Å².